The van der Waals surface area contributed by atoms with Gasteiger partial charge in [0.1, 0.15) is 5.82 Å². The van der Waals surface area contributed by atoms with Gasteiger partial charge >= 0.3 is 0 Å². The number of hydrogen-bond acceptors (Lipinski definition) is 2. The fraction of sp³-hybridized carbons (Fsp3) is 0.500. The van der Waals surface area contributed by atoms with Crippen LogP contribution in [-0.4, -0.2) is 20.7 Å². The van der Waals surface area contributed by atoms with E-state index in [1.54, 1.807) is 0 Å². The van der Waals surface area contributed by atoms with Gasteiger partial charge in [-0.2, -0.15) is 0 Å². The molecule has 0 spiro atoms. The van der Waals surface area contributed by atoms with Gasteiger partial charge in [0.15, 0.2) is 0 Å². The number of hydrogen-bond donors (Lipinski definition) is 1. The summed E-state index contributed by atoms with van der Waals surface area (Å²) in [6.45, 7) is 6.31. The Bertz CT molecular complexity index is 483. The van der Waals surface area contributed by atoms with E-state index in [1.165, 1.54) is 5.56 Å². The summed E-state index contributed by atoms with van der Waals surface area (Å²) in [4.78, 5) is 4.34. The number of imidazole rings is 1. The van der Waals surface area contributed by atoms with Crippen molar-refractivity contribution in [3.63, 3.8) is 0 Å². The molecule has 0 aromatic carbocycles. The highest BCUT2D eigenvalue weighted by atomic mass is 15.0. The minimum absolute atomic E-state index is 0.421. The minimum Gasteiger partial charge on any atom is -0.353 e. The SMILES string of the molecule is CCNC(C)c1ccn(CCc2nccn2C)c1. The van der Waals surface area contributed by atoms with E-state index in [4.69, 9.17) is 0 Å². The predicted molar refractivity (Wildman–Crippen MR) is 73.4 cm³/mol. The van der Waals surface area contributed by atoms with Crippen molar-refractivity contribution >= 4 is 0 Å². The summed E-state index contributed by atoms with van der Waals surface area (Å²) >= 11 is 0. The Labute approximate surface area is 109 Å². The third-order valence-electron chi connectivity index (χ3n) is 3.30. The molecule has 0 radical (unpaired) electrons. The molecule has 1 N–H and O–H groups in total. The molecule has 4 nitrogen and oxygen atoms in total. The van der Waals surface area contributed by atoms with Crippen LogP contribution in [0.25, 0.3) is 0 Å². The van der Waals surface area contributed by atoms with Gasteiger partial charge in [0.2, 0.25) is 0 Å². The van der Waals surface area contributed by atoms with E-state index in [-0.39, 0.29) is 0 Å². The standard InChI is InChI=1S/C14H22N4/c1-4-15-12(2)13-5-8-18(11-13)9-6-14-16-7-10-17(14)3/h5,7-8,10-12,15H,4,6,9H2,1-3H3. The molecule has 0 saturated heterocycles. The quantitative estimate of drug-likeness (QED) is 0.847. The maximum absolute atomic E-state index is 4.34. The monoisotopic (exact) mass is 246 g/mol. The predicted octanol–water partition coefficient (Wildman–Crippen LogP) is 2.13. The van der Waals surface area contributed by atoms with Crippen molar-refractivity contribution in [3.05, 3.63) is 42.2 Å². The molecule has 0 aliphatic rings. The average Bonchev–Trinajstić information content (AvgIpc) is 2.96. The molecule has 2 rings (SSSR count). The Morgan fingerprint density at radius 1 is 1.39 bits per heavy atom. The third kappa shape index (κ3) is 3.01. The highest BCUT2D eigenvalue weighted by molar-refractivity contribution is 5.14. The second-order valence-electron chi connectivity index (χ2n) is 4.67. The van der Waals surface area contributed by atoms with Gasteiger partial charge in [0.25, 0.3) is 0 Å². The second-order valence-corrected chi connectivity index (χ2v) is 4.67. The molecule has 0 aliphatic heterocycles. The molecule has 2 aromatic heterocycles. The topological polar surface area (TPSA) is 34.8 Å². The molecule has 18 heavy (non-hydrogen) atoms. The number of aryl methyl sites for hydroxylation is 3. The molecule has 0 amide bonds. The highest BCUT2D eigenvalue weighted by Crippen LogP contribution is 2.12. The van der Waals surface area contributed by atoms with Crippen LogP contribution in [0.2, 0.25) is 0 Å². The molecule has 0 fully saturated rings. The van der Waals surface area contributed by atoms with Crippen LogP contribution in [-0.2, 0) is 20.0 Å². The second kappa shape index (κ2) is 5.87. The summed E-state index contributed by atoms with van der Waals surface area (Å²) in [6.07, 6.45) is 9.17. The number of nitrogens with one attached hydrogen (secondary N) is 1. The molecular formula is C14H22N4. The van der Waals surface area contributed by atoms with Gasteiger partial charge in [-0.15, -0.1) is 0 Å². The van der Waals surface area contributed by atoms with Crippen LogP contribution < -0.4 is 5.32 Å². The zero-order valence-corrected chi connectivity index (χ0v) is 11.4. The lowest BCUT2D eigenvalue weighted by atomic mass is 10.2. The van der Waals surface area contributed by atoms with Gasteiger partial charge in [-0.3, -0.25) is 0 Å². The molecule has 2 heterocycles. The van der Waals surface area contributed by atoms with Gasteiger partial charge in [-0.05, 0) is 25.1 Å². The molecule has 4 heteroatoms. The van der Waals surface area contributed by atoms with Crippen molar-refractivity contribution in [2.45, 2.75) is 32.9 Å². The molecule has 98 valence electrons. The van der Waals surface area contributed by atoms with Crippen molar-refractivity contribution in [3.8, 4) is 0 Å². The largest absolute Gasteiger partial charge is 0.353 e. The first-order valence-electron chi connectivity index (χ1n) is 6.56. The molecule has 0 bridgehead atoms. The van der Waals surface area contributed by atoms with Crippen LogP contribution in [0, 0.1) is 0 Å². The van der Waals surface area contributed by atoms with E-state index in [2.05, 4.69) is 51.7 Å². The Kier molecular flexibility index (Phi) is 4.20. The van der Waals surface area contributed by atoms with Crippen LogP contribution in [0.15, 0.2) is 30.9 Å². The van der Waals surface area contributed by atoms with Crippen molar-refractivity contribution in [2.75, 3.05) is 6.54 Å². The fourth-order valence-electron chi connectivity index (χ4n) is 2.15. The van der Waals surface area contributed by atoms with E-state index in [0.717, 1.165) is 25.3 Å². The zero-order valence-electron chi connectivity index (χ0n) is 11.4. The summed E-state index contributed by atoms with van der Waals surface area (Å²) in [5.41, 5.74) is 1.34. The Hall–Kier alpha value is -1.55. The molecule has 1 unspecified atom stereocenters. The summed E-state index contributed by atoms with van der Waals surface area (Å²) in [5, 5.41) is 3.42. The van der Waals surface area contributed by atoms with Gasteiger partial charge in [-0.25, -0.2) is 4.98 Å². The Morgan fingerprint density at radius 2 is 2.22 bits per heavy atom. The van der Waals surface area contributed by atoms with E-state index >= 15 is 0 Å². The summed E-state index contributed by atoms with van der Waals surface area (Å²) in [6, 6.07) is 2.61. The smallest absolute Gasteiger partial charge is 0.110 e. The number of rotatable bonds is 6. The molecular weight excluding hydrogens is 224 g/mol. The van der Waals surface area contributed by atoms with Gasteiger partial charge in [0, 0.05) is 50.8 Å². The lowest BCUT2D eigenvalue weighted by Crippen LogP contribution is -2.17. The molecule has 2 aromatic rings. The maximum Gasteiger partial charge on any atom is 0.110 e. The van der Waals surface area contributed by atoms with E-state index in [1.807, 2.05) is 19.4 Å². The van der Waals surface area contributed by atoms with Crippen LogP contribution in [0.1, 0.15) is 31.3 Å². The van der Waals surface area contributed by atoms with E-state index in [9.17, 15) is 0 Å². The molecule has 0 saturated carbocycles. The van der Waals surface area contributed by atoms with Gasteiger partial charge < -0.3 is 14.5 Å². The van der Waals surface area contributed by atoms with Crippen LogP contribution in [0.3, 0.4) is 0 Å². The lowest BCUT2D eigenvalue weighted by molar-refractivity contribution is 0.593. The van der Waals surface area contributed by atoms with Gasteiger partial charge in [-0.1, -0.05) is 6.92 Å². The first-order chi connectivity index (χ1) is 8.70. The van der Waals surface area contributed by atoms with Crippen LogP contribution in [0.4, 0.5) is 0 Å². The Morgan fingerprint density at radius 3 is 2.89 bits per heavy atom. The van der Waals surface area contributed by atoms with Crippen molar-refractivity contribution in [2.24, 2.45) is 7.05 Å². The van der Waals surface area contributed by atoms with Crippen LogP contribution in [0.5, 0.6) is 0 Å². The van der Waals surface area contributed by atoms with Crippen molar-refractivity contribution in [1.29, 1.82) is 0 Å². The van der Waals surface area contributed by atoms with E-state index < -0.39 is 0 Å². The first-order valence-corrected chi connectivity index (χ1v) is 6.56. The lowest BCUT2D eigenvalue weighted by Gasteiger charge is -2.09. The fourth-order valence-corrected chi connectivity index (χ4v) is 2.15. The zero-order chi connectivity index (χ0) is 13.0. The van der Waals surface area contributed by atoms with Gasteiger partial charge in [0.05, 0.1) is 0 Å². The van der Waals surface area contributed by atoms with Crippen molar-refractivity contribution in [1.82, 2.24) is 19.4 Å². The summed E-state index contributed by atoms with van der Waals surface area (Å²) in [5.74, 6) is 1.13. The maximum atomic E-state index is 4.34. The van der Waals surface area contributed by atoms with Crippen LogP contribution >= 0.6 is 0 Å². The first kappa shape index (κ1) is 12.9. The number of aromatic nitrogens is 3. The molecule has 1 atom stereocenters. The molecule has 0 aliphatic carbocycles. The average molecular weight is 246 g/mol. The summed E-state index contributed by atoms with van der Waals surface area (Å²) < 4.78 is 4.31. The highest BCUT2D eigenvalue weighted by Gasteiger charge is 2.06. The third-order valence-corrected chi connectivity index (χ3v) is 3.30. The summed E-state index contributed by atoms with van der Waals surface area (Å²) in [7, 11) is 2.04. The Balaban J connectivity index is 1.93. The normalized spacial score (nSPS) is 12.8. The van der Waals surface area contributed by atoms with Crippen molar-refractivity contribution < 1.29 is 0 Å². The number of nitrogens with zero attached hydrogens (tertiary/aromatic N) is 3. The van der Waals surface area contributed by atoms with E-state index in [0.29, 0.717) is 6.04 Å². The minimum atomic E-state index is 0.421.